The van der Waals surface area contributed by atoms with Crippen molar-refractivity contribution in [3.8, 4) is 0 Å². The third-order valence-corrected chi connectivity index (χ3v) is 1.36. The molecule has 0 saturated carbocycles. The van der Waals surface area contributed by atoms with E-state index >= 15 is 0 Å². The number of hydrogen-bond donors (Lipinski definition) is 2. The van der Waals surface area contributed by atoms with Crippen LogP contribution in [-0.4, -0.2) is 21.5 Å². The van der Waals surface area contributed by atoms with Crippen molar-refractivity contribution in [1.82, 2.24) is 4.72 Å². The van der Waals surface area contributed by atoms with Gasteiger partial charge in [-0.15, -0.1) is 0 Å². The summed E-state index contributed by atoms with van der Waals surface area (Å²) in [5.41, 5.74) is -0.585. The van der Waals surface area contributed by atoms with Crippen molar-refractivity contribution in [3.63, 3.8) is 0 Å². The molecule has 0 radical (unpaired) electrons. The predicted molar refractivity (Wildman–Crippen MR) is 44.3 cm³/mol. The summed E-state index contributed by atoms with van der Waals surface area (Å²) in [6.07, 6.45) is 0. The van der Waals surface area contributed by atoms with Crippen LogP contribution >= 0.6 is 0 Å². The summed E-state index contributed by atoms with van der Waals surface area (Å²) in [5.74, 6) is -0.416. The van der Waals surface area contributed by atoms with E-state index in [9.17, 15) is 9.00 Å². The first-order chi connectivity index (χ1) is 5.34. The van der Waals surface area contributed by atoms with Crippen LogP contribution in [0, 0.1) is 5.41 Å². The first-order valence-electron chi connectivity index (χ1n) is 3.35. The Morgan fingerprint density at radius 2 is 2.08 bits per heavy atom. The van der Waals surface area contributed by atoms with Crippen molar-refractivity contribution in [2.75, 3.05) is 6.73 Å². The van der Waals surface area contributed by atoms with Crippen LogP contribution in [0.15, 0.2) is 0 Å². The molecule has 0 rings (SSSR count). The van der Waals surface area contributed by atoms with Crippen LogP contribution in [0.2, 0.25) is 0 Å². The van der Waals surface area contributed by atoms with Gasteiger partial charge in [-0.1, -0.05) is 0 Å². The Morgan fingerprint density at radius 1 is 1.58 bits per heavy atom. The van der Waals surface area contributed by atoms with Gasteiger partial charge in [0.1, 0.15) is 0 Å². The predicted octanol–water partition coefficient (Wildman–Crippen LogP) is 0.260. The summed E-state index contributed by atoms with van der Waals surface area (Å²) in [7, 11) is 0. The Morgan fingerprint density at radius 3 is 2.42 bits per heavy atom. The molecular formula is C6H13NO4S. The minimum atomic E-state index is -2.14. The molecule has 1 atom stereocenters. The Labute approximate surface area is 73.9 Å². The maximum Gasteiger partial charge on any atom is 0.312 e. The van der Waals surface area contributed by atoms with Crippen molar-refractivity contribution in [1.29, 1.82) is 0 Å². The zero-order valence-corrected chi connectivity index (χ0v) is 8.10. The highest BCUT2D eigenvalue weighted by Gasteiger charge is 2.22. The van der Waals surface area contributed by atoms with Gasteiger partial charge in [-0.3, -0.25) is 9.35 Å². The number of esters is 1. The topological polar surface area (TPSA) is 75.6 Å². The zero-order valence-electron chi connectivity index (χ0n) is 7.29. The smallest absolute Gasteiger partial charge is 0.312 e. The summed E-state index contributed by atoms with van der Waals surface area (Å²) in [4.78, 5) is 11.0. The van der Waals surface area contributed by atoms with Crippen LogP contribution in [0.4, 0.5) is 0 Å². The molecule has 0 aliphatic rings. The van der Waals surface area contributed by atoms with Gasteiger partial charge in [-0.25, -0.2) is 4.21 Å². The molecule has 5 nitrogen and oxygen atoms in total. The van der Waals surface area contributed by atoms with Crippen molar-refractivity contribution in [3.05, 3.63) is 0 Å². The van der Waals surface area contributed by atoms with E-state index in [2.05, 4.69) is 4.74 Å². The molecule has 0 amide bonds. The molecular weight excluding hydrogens is 182 g/mol. The highest BCUT2D eigenvalue weighted by atomic mass is 32.2. The second-order valence-corrected chi connectivity index (χ2v) is 4.01. The first kappa shape index (κ1) is 11.5. The van der Waals surface area contributed by atoms with Crippen molar-refractivity contribution in [2.45, 2.75) is 20.8 Å². The Bertz CT molecular complexity index is 186. The van der Waals surface area contributed by atoms with Gasteiger partial charge in [0.2, 0.25) is 11.3 Å². The molecule has 0 aromatic rings. The zero-order chi connectivity index (χ0) is 9.78. The van der Waals surface area contributed by atoms with Gasteiger partial charge < -0.3 is 4.74 Å². The van der Waals surface area contributed by atoms with Gasteiger partial charge >= 0.3 is 5.97 Å². The van der Waals surface area contributed by atoms with Gasteiger partial charge in [-0.2, -0.15) is 4.72 Å². The normalized spacial score (nSPS) is 14.0. The van der Waals surface area contributed by atoms with Crippen LogP contribution in [0.1, 0.15) is 20.8 Å². The molecule has 0 heterocycles. The highest BCUT2D eigenvalue weighted by molar-refractivity contribution is 7.77. The third kappa shape index (κ3) is 5.22. The van der Waals surface area contributed by atoms with Crippen LogP contribution < -0.4 is 4.72 Å². The lowest BCUT2D eigenvalue weighted by molar-refractivity contribution is -0.153. The second-order valence-electron chi connectivity index (χ2n) is 3.22. The second kappa shape index (κ2) is 4.54. The molecule has 0 aliphatic heterocycles. The Kier molecular flexibility index (Phi) is 4.36. The van der Waals surface area contributed by atoms with E-state index < -0.39 is 22.7 Å². The molecule has 0 saturated heterocycles. The van der Waals surface area contributed by atoms with E-state index in [-0.39, 0.29) is 6.73 Å². The number of hydrogen-bond acceptors (Lipinski definition) is 3. The molecule has 12 heavy (non-hydrogen) atoms. The summed E-state index contributed by atoms with van der Waals surface area (Å²) >= 11 is -2.14. The van der Waals surface area contributed by atoms with Crippen LogP contribution in [0.25, 0.3) is 0 Å². The van der Waals surface area contributed by atoms with Crippen LogP contribution in [-0.2, 0) is 20.8 Å². The van der Waals surface area contributed by atoms with Gasteiger partial charge in [-0.05, 0) is 20.8 Å². The van der Waals surface area contributed by atoms with Gasteiger partial charge in [0.15, 0.2) is 6.73 Å². The standard InChI is InChI=1S/C6H13NO4S/c1-6(2,3)5(8)11-4-7-12(9)10/h7H,4H2,1-3H3,(H,9,10). The van der Waals surface area contributed by atoms with Gasteiger partial charge in [0.25, 0.3) is 0 Å². The van der Waals surface area contributed by atoms with E-state index in [0.717, 1.165) is 0 Å². The minimum absolute atomic E-state index is 0.251. The highest BCUT2D eigenvalue weighted by Crippen LogP contribution is 2.14. The fraction of sp³-hybridized carbons (Fsp3) is 0.833. The van der Waals surface area contributed by atoms with Gasteiger partial charge in [0.05, 0.1) is 5.41 Å². The maximum absolute atomic E-state index is 11.0. The molecule has 1 unspecified atom stereocenters. The fourth-order valence-electron chi connectivity index (χ4n) is 0.362. The molecule has 0 aromatic carbocycles. The van der Waals surface area contributed by atoms with E-state index in [4.69, 9.17) is 4.55 Å². The number of carbonyl (C=O) groups excluding carboxylic acids is 1. The molecule has 0 bridgehead atoms. The summed E-state index contributed by atoms with van der Waals surface area (Å²) in [5, 5.41) is 0. The Hall–Kier alpha value is -0.460. The molecule has 2 N–H and O–H groups in total. The minimum Gasteiger partial charge on any atom is -0.448 e. The van der Waals surface area contributed by atoms with E-state index in [1.165, 1.54) is 0 Å². The number of ether oxygens (including phenoxy) is 1. The third-order valence-electron chi connectivity index (χ3n) is 0.998. The number of rotatable bonds is 3. The summed E-state index contributed by atoms with van der Waals surface area (Å²) in [6, 6.07) is 0. The lowest BCUT2D eigenvalue weighted by Gasteiger charge is -2.15. The SMILES string of the molecule is CC(C)(C)C(=O)OCNS(=O)O. The molecule has 72 valence electrons. The molecule has 0 spiro atoms. The van der Waals surface area contributed by atoms with E-state index in [0.29, 0.717) is 0 Å². The van der Waals surface area contributed by atoms with Crippen molar-refractivity contribution in [2.24, 2.45) is 5.41 Å². The first-order valence-corrected chi connectivity index (χ1v) is 4.46. The fourth-order valence-corrected chi connectivity index (χ4v) is 0.522. The summed E-state index contributed by atoms with van der Waals surface area (Å²) < 4.78 is 24.9. The molecule has 0 fully saturated rings. The lowest BCUT2D eigenvalue weighted by atomic mass is 9.98. The molecule has 0 aromatic heterocycles. The number of carbonyl (C=O) groups is 1. The van der Waals surface area contributed by atoms with Crippen LogP contribution in [0.5, 0.6) is 0 Å². The van der Waals surface area contributed by atoms with Crippen LogP contribution in [0.3, 0.4) is 0 Å². The lowest BCUT2D eigenvalue weighted by Crippen LogP contribution is -2.29. The Balaban J connectivity index is 3.66. The van der Waals surface area contributed by atoms with E-state index in [1.54, 1.807) is 20.8 Å². The monoisotopic (exact) mass is 195 g/mol. The summed E-state index contributed by atoms with van der Waals surface area (Å²) in [6.45, 7) is 4.85. The largest absolute Gasteiger partial charge is 0.448 e. The maximum atomic E-state index is 11.0. The van der Waals surface area contributed by atoms with Crippen molar-refractivity contribution < 1.29 is 18.3 Å². The average molecular weight is 195 g/mol. The average Bonchev–Trinajstić information content (AvgIpc) is 1.84. The molecule has 0 aliphatic carbocycles. The molecule has 6 heteroatoms. The van der Waals surface area contributed by atoms with E-state index in [1.807, 2.05) is 4.72 Å². The quantitative estimate of drug-likeness (QED) is 0.385. The number of nitrogens with one attached hydrogen (secondary N) is 1. The van der Waals surface area contributed by atoms with Crippen molar-refractivity contribution >= 4 is 17.2 Å². The van der Waals surface area contributed by atoms with Gasteiger partial charge in [0, 0.05) is 0 Å².